The molecule has 49 heavy (non-hydrogen) atoms. The second kappa shape index (κ2) is 10.8. The maximum atomic E-state index is 6.56. The van der Waals surface area contributed by atoms with Crippen LogP contribution in [0.2, 0.25) is 0 Å². The lowest BCUT2D eigenvalue weighted by molar-refractivity contribution is 0.434. The summed E-state index contributed by atoms with van der Waals surface area (Å²) in [6, 6.07) is 68.0. The molecule has 8 aromatic carbocycles. The van der Waals surface area contributed by atoms with E-state index in [-0.39, 0.29) is 0 Å². The molecule has 1 aliphatic heterocycles. The molecule has 0 atom stereocenters. The van der Waals surface area contributed by atoms with Crippen LogP contribution in [0.15, 0.2) is 188 Å². The van der Waals surface area contributed by atoms with Crippen LogP contribution in [0.4, 0.5) is 0 Å². The zero-order chi connectivity index (χ0) is 32.4. The number of aromatic nitrogens is 1. The molecule has 9 aromatic rings. The maximum absolute atomic E-state index is 6.56. The molecule has 0 saturated carbocycles. The molecule has 0 unspecified atom stereocenters. The third-order valence-electron chi connectivity index (χ3n) is 10.3. The van der Waals surface area contributed by atoms with Gasteiger partial charge in [-0.15, -0.1) is 0 Å². The average molecular weight is 626 g/mol. The molecule has 0 spiro atoms. The largest absolute Gasteiger partial charge is 0.457 e. The molecule has 1 aromatic heterocycles. The van der Waals surface area contributed by atoms with E-state index in [9.17, 15) is 0 Å². The van der Waals surface area contributed by atoms with E-state index in [0.717, 1.165) is 22.6 Å². The van der Waals surface area contributed by atoms with Crippen molar-refractivity contribution in [3.63, 3.8) is 0 Å². The molecule has 230 valence electrons. The Kier molecular flexibility index (Phi) is 6.13. The highest BCUT2D eigenvalue weighted by molar-refractivity contribution is 6.10. The number of hydrogen-bond acceptors (Lipinski definition) is 1. The first-order valence-electron chi connectivity index (χ1n) is 16.8. The highest BCUT2D eigenvalue weighted by Crippen LogP contribution is 2.55. The van der Waals surface area contributed by atoms with Crippen LogP contribution in [-0.2, 0) is 5.41 Å². The van der Waals surface area contributed by atoms with Crippen molar-refractivity contribution in [2.24, 2.45) is 0 Å². The predicted octanol–water partition coefficient (Wildman–Crippen LogP) is 12.1. The van der Waals surface area contributed by atoms with E-state index in [0.29, 0.717) is 0 Å². The Morgan fingerprint density at radius 1 is 0.388 bits per heavy atom. The van der Waals surface area contributed by atoms with Gasteiger partial charge in [0.05, 0.1) is 16.4 Å². The minimum atomic E-state index is -0.568. The van der Waals surface area contributed by atoms with Crippen molar-refractivity contribution < 1.29 is 4.74 Å². The topological polar surface area (TPSA) is 14.2 Å². The quantitative estimate of drug-likeness (QED) is 0.190. The molecule has 10 rings (SSSR count). The van der Waals surface area contributed by atoms with E-state index in [4.69, 9.17) is 4.74 Å². The predicted molar refractivity (Wildman–Crippen MR) is 202 cm³/mol. The summed E-state index contributed by atoms with van der Waals surface area (Å²) in [5, 5.41) is 4.96. The minimum Gasteiger partial charge on any atom is -0.457 e. The lowest BCUT2D eigenvalue weighted by Gasteiger charge is -2.41. The van der Waals surface area contributed by atoms with Gasteiger partial charge in [0.2, 0.25) is 0 Å². The Labute approximate surface area is 285 Å². The van der Waals surface area contributed by atoms with Gasteiger partial charge in [0.1, 0.15) is 11.5 Å². The fraction of sp³-hybridized carbons (Fsp3) is 0.0213. The van der Waals surface area contributed by atoms with Gasteiger partial charge in [0.15, 0.2) is 0 Å². The number of fused-ring (bicyclic) bond motifs is 6. The Balaban J connectivity index is 1.17. The molecule has 2 heteroatoms. The summed E-state index contributed by atoms with van der Waals surface area (Å²) in [6.07, 6.45) is 0. The molecular formula is C47H31NO. The van der Waals surface area contributed by atoms with Crippen LogP contribution in [0.1, 0.15) is 22.3 Å². The summed E-state index contributed by atoms with van der Waals surface area (Å²) in [4.78, 5) is 0. The first-order chi connectivity index (χ1) is 24.3. The molecule has 2 nitrogen and oxygen atoms in total. The number of rotatable bonds is 4. The van der Waals surface area contributed by atoms with Crippen LogP contribution in [0, 0.1) is 0 Å². The Bertz CT molecular complexity index is 2640. The van der Waals surface area contributed by atoms with Gasteiger partial charge in [0.25, 0.3) is 0 Å². The summed E-state index contributed by atoms with van der Waals surface area (Å²) in [5.41, 5.74) is 10.1. The van der Waals surface area contributed by atoms with Crippen LogP contribution >= 0.6 is 0 Å². The monoisotopic (exact) mass is 625 g/mol. The lowest BCUT2D eigenvalue weighted by atomic mass is 9.63. The molecule has 0 bridgehead atoms. The average Bonchev–Trinajstić information content (AvgIpc) is 3.51. The second-order valence-electron chi connectivity index (χ2n) is 12.9. The Morgan fingerprint density at radius 3 is 1.76 bits per heavy atom. The van der Waals surface area contributed by atoms with Crippen LogP contribution in [0.3, 0.4) is 0 Å². The second-order valence-corrected chi connectivity index (χ2v) is 12.9. The SMILES string of the molecule is c1ccc(-n2c3ccccc3c3cc(-c4ccc(C5(c6ccc7ccccc7c6)c6ccccc6Oc6ccccc65)cc4)ccc32)cc1. The van der Waals surface area contributed by atoms with Crippen LogP contribution in [-0.4, -0.2) is 4.57 Å². The van der Waals surface area contributed by atoms with Gasteiger partial charge in [0, 0.05) is 27.6 Å². The fourth-order valence-electron chi connectivity index (χ4n) is 8.13. The van der Waals surface area contributed by atoms with E-state index < -0.39 is 5.41 Å². The number of hydrogen-bond donors (Lipinski definition) is 0. The normalized spacial score (nSPS) is 13.2. The number of ether oxygens (including phenoxy) is 1. The van der Waals surface area contributed by atoms with Crippen molar-refractivity contribution in [2.75, 3.05) is 0 Å². The van der Waals surface area contributed by atoms with E-state index in [1.54, 1.807) is 0 Å². The summed E-state index contributed by atoms with van der Waals surface area (Å²) in [7, 11) is 0. The van der Waals surface area contributed by atoms with E-state index in [2.05, 4.69) is 193 Å². The fourth-order valence-corrected chi connectivity index (χ4v) is 8.13. The Hall–Kier alpha value is -6.38. The highest BCUT2D eigenvalue weighted by Gasteiger charge is 2.45. The molecule has 0 amide bonds. The van der Waals surface area contributed by atoms with Gasteiger partial charge in [-0.2, -0.15) is 0 Å². The highest BCUT2D eigenvalue weighted by atomic mass is 16.5. The Morgan fingerprint density at radius 2 is 0.980 bits per heavy atom. The van der Waals surface area contributed by atoms with E-state index in [1.807, 2.05) is 0 Å². The molecule has 0 saturated heterocycles. The summed E-state index contributed by atoms with van der Waals surface area (Å²) in [5.74, 6) is 1.78. The molecule has 1 aliphatic rings. The van der Waals surface area contributed by atoms with Crippen molar-refractivity contribution in [1.82, 2.24) is 4.57 Å². The standard InChI is InChI=1S/C47H31NO/c1-2-14-38(15-3-1)48-43-19-9-6-16-39(43)40-31-35(25-29-44(40)48)33-22-26-36(27-23-33)47(37-28-24-32-12-4-5-13-34(32)30-37)41-17-7-10-20-45(41)49-46-21-11-8-18-42(46)47/h1-31H. The van der Waals surface area contributed by atoms with Crippen LogP contribution in [0.25, 0.3) is 49.4 Å². The molecule has 0 radical (unpaired) electrons. The first-order valence-corrected chi connectivity index (χ1v) is 16.8. The first kappa shape index (κ1) is 27.7. The van der Waals surface area contributed by atoms with E-state index in [1.165, 1.54) is 60.5 Å². The number of para-hydroxylation sites is 4. The van der Waals surface area contributed by atoms with Crippen LogP contribution in [0.5, 0.6) is 11.5 Å². The zero-order valence-corrected chi connectivity index (χ0v) is 26.8. The molecular weight excluding hydrogens is 595 g/mol. The third kappa shape index (κ3) is 4.14. The number of benzene rings is 8. The van der Waals surface area contributed by atoms with Gasteiger partial charge >= 0.3 is 0 Å². The van der Waals surface area contributed by atoms with Crippen molar-refractivity contribution >= 4 is 32.6 Å². The van der Waals surface area contributed by atoms with Gasteiger partial charge in [-0.1, -0.05) is 140 Å². The lowest BCUT2D eigenvalue weighted by Crippen LogP contribution is -2.34. The van der Waals surface area contributed by atoms with Gasteiger partial charge in [-0.3, -0.25) is 0 Å². The van der Waals surface area contributed by atoms with Gasteiger partial charge in [-0.05, 0) is 81.6 Å². The minimum absolute atomic E-state index is 0.568. The van der Waals surface area contributed by atoms with Crippen molar-refractivity contribution in [1.29, 1.82) is 0 Å². The van der Waals surface area contributed by atoms with E-state index >= 15 is 0 Å². The van der Waals surface area contributed by atoms with Gasteiger partial charge in [-0.25, -0.2) is 0 Å². The van der Waals surface area contributed by atoms with Crippen molar-refractivity contribution in [2.45, 2.75) is 5.41 Å². The maximum Gasteiger partial charge on any atom is 0.132 e. The molecule has 0 aliphatic carbocycles. The summed E-state index contributed by atoms with van der Waals surface area (Å²) >= 11 is 0. The zero-order valence-electron chi connectivity index (χ0n) is 26.8. The molecule has 2 heterocycles. The smallest absolute Gasteiger partial charge is 0.132 e. The van der Waals surface area contributed by atoms with Crippen molar-refractivity contribution in [3.05, 3.63) is 210 Å². The summed E-state index contributed by atoms with van der Waals surface area (Å²) in [6.45, 7) is 0. The molecule has 0 N–H and O–H groups in total. The molecule has 0 fully saturated rings. The third-order valence-corrected chi connectivity index (χ3v) is 10.3. The summed E-state index contributed by atoms with van der Waals surface area (Å²) < 4.78 is 8.93. The van der Waals surface area contributed by atoms with Crippen molar-refractivity contribution in [3.8, 4) is 28.3 Å². The number of nitrogens with zero attached hydrogens (tertiary/aromatic N) is 1. The van der Waals surface area contributed by atoms with Gasteiger partial charge < -0.3 is 9.30 Å². The van der Waals surface area contributed by atoms with Crippen LogP contribution < -0.4 is 4.74 Å².